The molecule has 3 rings (SSSR count). The topological polar surface area (TPSA) is 32.3 Å². The Morgan fingerprint density at radius 2 is 2.30 bits per heavy atom. The molecule has 1 aromatic rings. The summed E-state index contributed by atoms with van der Waals surface area (Å²) in [5, 5.41) is 5.62. The molecule has 0 radical (unpaired) electrons. The number of hydrogen-bond donors (Lipinski definition) is 1. The van der Waals surface area contributed by atoms with Crippen LogP contribution in [0.5, 0.6) is 0 Å². The van der Waals surface area contributed by atoms with E-state index in [9.17, 15) is 4.79 Å². The number of amides is 1. The number of thiophene rings is 1. The molecule has 1 atom stereocenters. The Bertz CT molecular complexity index is 422. The Kier molecular flexibility index (Phi) is 4.73. The van der Waals surface area contributed by atoms with Crippen molar-refractivity contribution in [2.75, 3.05) is 13.1 Å². The molecular weight excluding hydrogens is 268 g/mol. The second-order valence-electron chi connectivity index (χ2n) is 6.00. The molecule has 20 heavy (non-hydrogen) atoms. The van der Waals surface area contributed by atoms with Crippen LogP contribution in [0.2, 0.25) is 0 Å². The summed E-state index contributed by atoms with van der Waals surface area (Å²) in [5.41, 5.74) is 0. The third kappa shape index (κ3) is 3.83. The smallest absolute Gasteiger partial charge is 0.222 e. The first kappa shape index (κ1) is 14.1. The van der Waals surface area contributed by atoms with Crippen molar-refractivity contribution in [3.8, 4) is 0 Å². The van der Waals surface area contributed by atoms with Crippen LogP contribution in [0.15, 0.2) is 17.5 Å². The molecule has 2 heterocycles. The Hall–Kier alpha value is -0.870. The molecule has 2 fully saturated rings. The second-order valence-corrected chi connectivity index (χ2v) is 7.04. The van der Waals surface area contributed by atoms with Crippen LogP contribution < -0.4 is 5.32 Å². The van der Waals surface area contributed by atoms with E-state index in [-0.39, 0.29) is 0 Å². The lowest BCUT2D eigenvalue weighted by Crippen LogP contribution is -2.42. The maximum Gasteiger partial charge on any atom is 0.222 e. The van der Waals surface area contributed by atoms with Gasteiger partial charge in [0.2, 0.25) is 5.91 Å². The Balaban J connectivity index is 1.45. The van der Waals surface area contributed by atoms with Crippen LogP contribution in [0.25, 0.3) is 0 Å². The number of aryl methyl sites for hydroxylation is 1. The average Bonchev–Trinajstić information content (AvgIpc) is 2.93. The lowest BCUT2D eigenvalue weighted by Gasteiger charge is -2.26. The molecule has 4 heteroatoms. The van der Waals surface area contributed by atoms with E-state index < -0.39 is 0 Å². The van der Waals surface area contributed by atoms with Crippen LogP contribution in [0.3, 0.4) is 0 Å². The highest BCUT2D eigenvalue weighted by Crippen LogP contribution is 2.28. The zero-order valence-electron chi connectivity index (χ0n) is 12.0. The Morgan fingerprint density at radius 1 is 1.40 bits per heavy atom. The monoisotopic (exact) mass is 292 g/mol. The Labute approximate surface area is 125 Å². The molecule has 1 amide bonds. The standard InChI is InChI=1S/C16H24N2OS/c19-16(7-1-5-15-6-3-11-20-15)18(14-8-9-14)12-13-4-2-10-17-13/h3,6,11,13-14,17H,1-2,4-5,7-10,12H2. The first-order valence-corrected chi connectivity index (χ1v) is 8.76. The normalized spacial score (nSPS) is 22.1. The van der Waals surface area contributed by atoms with Crippen LogP contribution in [-0.2, 0) is 11.2 Å². The van der Waals surface area contributed by atoms with Gasteiger partial charge in [-0.1, -0.05) is 6.07 Å². The highest BCUT2D eigenvalue weighted by molar-refractivity contribution is 7.09. The van der Waals surface area contributed by atoms with Crippen LogP contribution >= 0.6 is 11.3 Å². The lowest BCUT2D eigenvalue weighted by molar-refractivity contribution is -0.132. The molecule has 1 saturated carbocycles. The maximum absolute atomic E-state index is 12.4. The molecule has 110 valence electrons. The van der Waals surface area contributed by atoms with Gasteiger partial charge < -0.3 is 10.2 Å². The van der Waals surface area contributed by atoms with Crippen LogP contribution in [0, 0.1) is 0 Å². The summed E-state index contributed by atoms with van der Waals surface area (Å²) in [6, 6.07) is 5.34. The fourth-order valence-corrected chi connectivity index (χ4v) is 3.75. The maximum atomic E-state index is 12.4. The van der Waals surface area contributed by atoms with E-state index in [0.29, 0.717) is 24.4 Å². The summed E-state index contributed by atoms with van der Waals surface area (Å²) in [6.45, 7) is 2.05. The van der Waals surface area contributed by atoms with Crippen molar-refractivity contribution in [1.29, 1.82) is 0 Å². The highest BCUT2D eigenvalue weighted by Gasteiger charge is 2.34. The number of carbonyl (C=O) groups excluding carboxylic acids is 1. The van der Waals surface area contributed by atoms with Gasteiger partial charge in [-0.3, -0.25) is 4.79 Å². The fourth-order valence-electron chi connectivity index (χ4n) is 3.00. The summed E-state index contributed by atoms with van der Waals surface area (Å²) in [6.07, 6.45) is 7.65. The van der Waals surface area contributed by atoms with E-state index >= 15 is 0 Å². The van der Waals surface area contributed by atoms with Gasteiger partial charge in [-0.15, -0.1) is 11.3 Å². The fraction of sp³-hybridized carbons (Fsp3) is 0.688. The zero-order chi connectivity index (χ0) is 13.8. The third-order valence-corrected chi connectivity index (χ3v) is 5.22. The van der Waals surface area contributed by atoms with Gasteiger partial charge in [0.15, 0.2) is 0 Å². The van der Waals surface area contributed by atoms with Gasteiger partial charge in [-0.05, 0) is 56.5 Å². The molecule has 1 saturated heterocycles. The predicted octanol–water partition coefficient (Wildman–Crippen LogP) is 2.81. The summed E-state index contributed by atoms with van der Waals surface area (Å²) < 4.78 is 0. The van der Waals surface area contributed by atoms with E-state index in [1.165, 1.54) is 30.6 Å². The van der Waals surface area contributed by atoms with Crippen molar-refractivity contribution in [3.63, 3.8) is 0 Å². The Morgan fingerprint density at radius 3 is 2.95 bits per heavy atom. The number of carbonyl (C=O) groups is 1. The number of hydrogen-bond acceptors (Lipinski definition) is 3. The van der Waals surface area contributed by atoms with E-state index in [4.69, 9.17) is 0 Å². The zero-order valence-corrected chi connectivity index (χ0v) is 12.8. The van der Waals surface area contributed by atoms with Crippen molar-refractivity contribution in [2.45, 2.75) is 57.0 Å². The minimum absolute atomic E-state index is 0.373. The van der Waals surface area contributed by atoms with Gasteiger partial charge in [0.1, 0.15) is 0 Å². The molecule has 1 aliphatic carbocycles. The van der Waals surface area contributed by atoms with Crippen LogP contribution in [-0.4, -0.2) is 36.0 Å². The van der Waals surface area contributed by atoms with Gasteiger partial charge in [0.05, 0.1) is 0 Å². The molecule has 1 N–H and O–H groups in total. The van der Waals surface area contributed by atoms with Gasteiger partial charge >= 0.3 is 0 Å². The van der Waals surface area contributed by atoms with E-state index in [1.807, 2.05) is 0 Å². The summed E-state index contributed by atoms with van der Waals surface area (Å²) in [7, 11) is 0. The quantitative estimate of drug-likeness (QED) is 0.838. The van der Waals surface area contributed by atoms with Crippen molar-refractivity contribution in [2.24, 2.45) is 0 Å². The lowest BCUT2D eigenvalue weighted by atomic mass is 10.1. The van der Waals surface area contributed by atoms with Crippen molar-refractivity contribution in [3.05, 3.63) is 22.4 Å². The van der Waals surface area contributed by atoms with E-state index in [1.54, 1.807) is 11.3 Å². The number of nitrogens with one attached hydrogen (secondary N) is 1. The van der Waals surface area contributed by atoms with Crippen molar-refractivity contribution < 1.29 is 4.79 Å². The molecule has 0 spiro atoms. The first-order valence-electron chi connectivity index (χ1n) is 7.88. The minimum Gasteiger partial charge on any atom is -0.338 e. The number of rotatable bonds is 7. The predicted molar refractivity (Wildman–Crippen MR) is 83.0 cm³/mol. The molecule has 1 unspecified atom stereocenters. The highest BCUT2D eigenvalue weighted by atomic mass is 32.1. The first-order chi connectivity index (χ1) is 9.83. The molecular formula is C16H24N2OS. The summed E-state index contributed by atoms with van der Waals surface area (Å²) in [4.78, 5) is 16.0. The molecule has 2 aliphatic rings. The van der Waals surface area contributed by atoms with Crippen LogP contribution in [0.4, 0.5) is 0 Å². The molecule has 1 aliphatic heterocycles. The van der Waals surface area contributed by atoms with Crippen LogP contribution in [0.1, 0.15) is 43.4 Å². The number of nitrogens with zero attached hydrogens (tertiary/aromatic N) is 1. The molecule has 0 aromatic carbocycles. The van der Waals surface area contributed by atoms with E-state index in [0.717, 1.165) is 25.9 Å². The van der Waals surface area contributed by atoms with Gasteiger partial charge in [0.25, 0.3) is 0 Å². The SMILES string of the molecule is O=C(CCCc1cccs1)N(CC1CCCN1)C1CC1. The summed E-state index contributed by atoms with van der Waals surface area (Å²) >= 11 is 1.79. The molecule has 0 bridgehead atoms. The van der Waals surface area contributed by atoms with Gasteiger partial charge in [0, 0.05) is 29.9 Å². The molecule has 1 aromatic heterocycles. The van der Waals surface area contributed by atoms with Crippen molar-refractivity contribution in [1.82, 2.24) is 10.2 Å². The minimum atomic E-state index is 0.373. The molecule has 3 nitrogen and oxygen atoms in total. The summed E-state index contributed by atoms with van der Waals surface area (Å²) in [5.74, 6) is 0.373. The third-order valence-electron chi connectivity index (χ3n) is 4.28. The van der Waals surface area contributed by atoms with Crippen molar-refractivity contribution >= 4 is 17.2 Å². The largest absolute Gasteiger partial charge is 0.338 e. The second kappa shape index (κ2) is 6.72. The van der Waals surface area contributed by atoms with Gasteiger partial charge in [-0.25, -0.2) is 0 Å². The van der Waals surface area contributed by atoms with Gasteiger partial charge in [-0.2, -0.15) is 0 Å². The van der Waals surface area contributed by atoms with E-state index in [2.05, 4.69) is 27.7 Å². The average molecular weight is 292 g/mol.